The van der Waals surface area contributed by atoms with Crippen LogP contribution in [0.2, 0.25) is 0 Å². The predicted octanol–water partition coefficient (Wildman–Crippen LogP) is 17.0. The van der Waals surface area contributed by atoms with E-state index in [0.29, 0.717) is 17.9 Å². The van der Waals surface area contributed by atoms with E-state index in [0.717, 1.165) is 107 Å². The zero-order chi connectivity index (χ0) is 51.9. The standard InChI is InChI=1S/C10H4Br4O2.C10H2Br2N4S2.C10H4N4S2.2C10H8O2/c11-5-1-3-4(8(14)9(5)15)2-6(12)10(16)7(3)13;11-5-1-3-4(8-9(5)15-18-14-8)2-6(12)10-7(3)13-17-16-10;1-3-7-10(14-15-11-7)6-2-4-8-9(5(1)6)13-16-12-8;2*11-9-3-1-7-5-10(12)4-2-8(7)6-9/h1-2,15-16H;1-2H;1-4H;2*1-6,11-12H. The molecule has 6 N–H and O–H groups in total. The first-order valence-electron chi connectivity index (χ1n) is 21.1. The lowest BCUT2D eigenvalue weighted by molar-refractivity contribution is 0.467. The summed E-state index contributed by atoms with van der Waals surface area (Å²) in [6, 6.07) is 35.7. The highest BCUT2D eigenvalue weighted by molar-refractivity contribution is 9.12. The lowest BCUT2D eigenvalue weighted by Crippen LogP contribution is -1.82. The van der Waals surface area contributed by atoms with Gasteiger partial charge in [-0.25, -0.2) is 0 Å². The Hall–Kier alpha value is -5.54. The fourth-order valence-electron chi connectivity index (χ4n) is 7.70. The maximum atomic E-state index is 9.77. The molecule has 0 amide bonds. The maximum Gasteiger partial charge on any atom is 0.144 e. The van der Waals surface area contributed by atoms with Gasteiger partial charge in [0.25, 0.3) is 0 Å². The monoisotopic (exact) mass is 1440 g/mol. The Kier molecular flexibility index (Phi) is 15.4. The summed E-state index contributed by atoms with van der Waals surface area (Å²) in [6.45, 7) is 0. The Morgan fingerprint density at radius 1 is 0.270 bits per heavy atom. The molecule has 0 radical (unpaired) electrons. The van der Waals surface area contributed by atoms with Crippen LogP contribution in [0.25, 0.3) is 98.0 Å². The highest BCUT2D eigenvalue weighted by atomic mass is 79.9. The predicted molar refractivity (Wildman–Crippen MR) is 320 cm³/mol. The summed E-state index contributed by atoms with van der Waals surface area (Å²) in [6.07, 6.45) is 0. The number of aromatic nitrogens is 8. The Balaban J connectivity index is 0.000000107. The lowest BCUT2D eigenvalue weighted by Gasteiger charge is -2.10. The van der Waals surface area contributed by atoms with Gasteiger partial charge in [0.2, 0.25) is 0 Å². The van der Waals surface area contributed by atoms with Gasteiger partial charge in [0, 0.05) is 41.3 Å². The number of aromatic hydroxyl groups is 6. The minimum atomic E-state index is 0.136. The quantitative estimate of drug-likeness (QED) is 0.0831. The van der Waals surface area contributed by atoms with E-state index >= 15 is 0 Å². The Bertz CT molecular complexity index is 4120. The molecule has 4 heterocycles. The van der Waals surface area contributed by atoms with E-state index in [1.165, 1.54) is 46.9 Å². The minimum absolute atomic E-state index is 0.136. The molecule has 14 nitrogen and oxygen atoms in total. The van der Waals surface area contributed by atoms with Crippen LogP contribution in [-0.2, 0) is 0 Å². The number of nitrogens with zero attached hydrogens (tertiary/aromatic N) is 8. The third kappa shape index (κ3) is 10.5. The number of phenolic OH excluding ortho intramolecular Hbond substituents is 6. The fraction of sp³-hybridized carbons (Fsp3) is 0. The smallest absolute Gasteiger partial charge is 0.144 e. The number of phenols is 6. The van der Waals surface area contributed by atoms with E-state index in [9.17, 15) is 10.2 Å². The van der Waals surface area contributed by atoms with E-state index in [2.05, 4.69) is 131 Å². The molecule has 10 aromatic carbocycles. The van der Waals surface area contributed by atoms with Gasteiger partial charge in [0.15, 0.2) is 0 Å². The normalized spacial score (nSPS) is 11.2. The molecule has 0 saturated carbocycles. The topological polar surface area (TPSA) is 224 Å². The second-order valence-corrected chi connectivity index (χ2v) is 22.9. The second kappa shape index (κ2) is 22.0. The summed E-state index contributed by atoms with van der Waals surface area (Å²) >= 11 is 25.1. The van der Waals surface area contributed by atoms with Crippen LogP contribution < -0.4 is 0 Å². The summed E-state index contributed by atoms with van der Waals surface area (Å²) in [5.74, 6) is 1.25. The minimum Gasteiger partial charge on any atom is -0.508 e. The first-order valence-corrected chi connectivity index (χ1v) is 28.7. The van der Waals surface area contributed by atoms with Gasteiger partial charge >= 0.3 is 0 Å². The van der Waals surface area contributed by atoms with Gasteiger partial charge in [-0.1, -0.05) is 24.3 Å². The van der Waals surface area contributed by atoms with Crippen LogP contribution >= 0.6 is 142 Å². The van der Waals surface area contributed by atoms with Gasteiger partial charge in [-0.2, -0.15) is 35.0 Å². The van der Waals surface area contributed by atoms with Gasteiger partial charge < -0.3 is 30.6 Å². The Morgan fingerprint density at radius 3 is 0.919 bits per heavy atom. The van der Waals surface area contributed by atoms with Crippen molar-refractivity contribution in [3.63, 3.8) is 0 Å². The van der Waals surface area contributed by atoms with E-state index in [-0.39, 0.29) is 34.5 Å². The van der Waals surface area contributed by atoms with Crippen LogP contribution in [0.4, 0.5) is 0 Å². The molecule has 368 valence electrons. The average Bonchev–Trinajstić information content (AvgIpc) is 4.26. The van der Waals surface area contributed by atoms with Crippen LogP contribution in [0.15, 0.2) is 148 Å². The van der Waals surface area contributed by atoms with Crippen molar-refractivity contribution in [1.29, 1.82) is 0 Å². The largest absolute Gasteiger partial charge is 0.508 e. The Labute approximate surface area is 483 Å². The summed E-state index contributed by atoms with van der Waals surface area (Å²) in [5, 5.41) is 65.7. The zero-order valence-electron chi connectivity index (χ0n) is 36.7. The molecule has 0 saturated heterocycles. The van der Waals surface area contributed by atoms with Gasteiger partial charge in [0.1, 0.15) is 78.6 Å². The van der Waals surface area contributed by atoms with Crippen LogP contribution in [0, 0.1) is 0 Å². The number of hydrogen-bond acceptors (Lipinski definition) is 18. The average molecular weight is 1440 g/mol. The molecule has 0 fully saturated rings. The van der Waals surface area contributed by atoms with Crippen LogP contribution in [0.3, 0.4) is 0 Å². The zero-order valence-corrected chi connectivity index (χ0v) is 49.5. The van der Waals surface area contributed by atoms with Crippen LogP contribution in [0.1, 0.15) is 0 Å². The number of benzene rings is 10. The molecule has 74 heavy (non-hydrogen) atoms. The third-order valence-electron chi connectivity index (χ3n) is 11.2. The number of halogens is 6. The molecular formula is C50H26Br6N8O6S4. The molecular weight excluding hydrogens is 1420 g/mol. The summed E-state index contributed by atoms with van der Waals surface area (Å²) in [5.41, 5.74) is 7.39. The molecule has 0 aliphatic carbocycles. The van der Waals surface area contributed by atoms with Crippen molar-refractivity contribution >= 4 is 240 Å². The van der Waals surface area contributed by atoms with Crippen molar-refractivity contribution < 1.29 is 30.6 Å². The van der Waals surface area contributed by atoms with Crippen molar-refractivity contribution in [2.75, 3.05) is 0 Å². The van der Waals surface area contributed by atoms with E-state index in [1.807, 2.05) is 36.4 Å². The molecule has 0 atom stereocenters. The van der Waals surface area contributed by atoms with E-state index < -0.39 is 0 Å². The van der Waals surface area contributed by atoms with Gasteiger partial charge in [0.05, 0.1) is 64.8 Å². The molecule has 24 heteroatoms. The van der Waals surface area contributed by atoms with Crippen molar-refractivity contribution in [1.82, 2.24) is 35.0 Å². The molecule has 14 rings (SSSR count). The van der Waals surface area contributed by atoms with Crippen molar-refractivity contribution in [3.8, 4) is 34.5 Å². The van der Waals surface area contributed by atoms with Crippen LogP contribution in [-0.4, -0.2) is 65.6 Å². The second-order valence-electron chi connectivity index (χ2n) is 15.8. The number of fused-ring (bicyclic) bond motifs is 13. The highest BCUT2D eigenvalue weighted by Gasteiger charge is 2.17. The molecule has 14 aromatic rings. The maximum absolute atomic E-state index is 9.77. The molecule has 0 aliphatic rings. The Morgan fingerprint density at radius 2 is 0.568 bits per heavy atom. The molecule has 4 aromatic heterocycles. The highest BCUT2D eigenvalue weighted by Crippen LogP contribution is 2.46. The fourth-order valence-corrected chi connectivity index (χ4v) is 13.7. The summed E-state index contributed by atoms with van der Waals surface area (Å²) in [4.78, 5) is 0. The van der Waals surface area contributed by atoms with Crippen molar-refractivity contribution in [2.45, 2.75) is 0 Å². The third-order valence-corrected chi connectivity index (χ3v) is 17.4. The molecule has 0 bridgehead atoms. The number of rotatable bonds is 0. The molecule has 0 unspecified atom stereocenters. The summed E-state index contributed by atoms with van der Waals surface area (Å²) in [7, 11) is 0. The molecule has 0 aliphatic heterocycles. The number of hydrogen-bond donors (Lipinski definition) is 6. The summed E-state index contributed by atoms with van der Waals surface area (Å²) < 4.78 is 38.6. The van der Waals surface area contributed by atoms with Crippen molar-refractivity contribution in [3.05, 3.63) is 148 Å². The first-order chi connectivity index (χ1) is 35.6. The molecule has 0 spiro atoms. The van der Waals surface area contributed by atoms with E-state index in [4.69, 9.17) is 20.4 Å². The van der Waals surface area contributed by atoms with Gasteiger partial charge in [-0.05, 0) is 214 Å². The van der Waals surface area contributed by atoms with Crippen molar-refractivity contribution in [2.24, 2.45) is 0 Å². The van der Waals surface area contributed by atoms with E-state index in [1.54, 1.807) is 84.9 Å². The van der Waals surface area contributed by atoms with Gasteiger partial charge in [-0.15, -0.1) is 0 Å². The lowest BCUT2D eigenvalue weighted by atomic mass is 10.1. The van der Waals surface area contributed by atoms with Gasteiger partial charge in [-0.3, -0.25) is 0 Å². The first kappa shape index (κ1) is 51.9. The van der Waals surface area contributed by atoms with Crippen LogP contribution in [0.5, 0.6) is 34.5 Å². The SMILES string of the molecule is Brc1cc2c(cc(Br)c3nsnc32)c2nsnc12.Oc1c(Br)cc2c(Br)c(O)c(Br)cc2c1Br.Oc1ccc2cc(O)ccc2c1.Oc1ccc2cc(O)ccc2c1.c1cc2c(ccc3nsnc32)c2nsnc12.